The quantitative estimate of drug-likeness (QED) is 0.709. The van der Waals surface area contributed by atoms with E-state index in [2.05, 4.69) is 24.0 Å². The van der Waals surface area contributed by atoms with E-state index in [1.54, 1.807) is 32.7 Å². The molecule has 0 bridgehead atoms. The molecule has 0 aliphatic rings. The van der Waals surface area contributed by atoms with Gasteiger partial charge in [-0.1, -0.05) is 6.07 Å². The summed E-state index contributed by atoms with van der Waals surface area (Å²) in [5.41, 5.74) is 1.35. The fourth-order valence-electron chi connectivity index (χ4n) is 2.81. The van der Waals surface area contributed by atoms with Crippen molar-refractivity contribution in [2.24, 2.45) is 0 Å². The van der Waals surface area contributed by atoms with E-state index in [9.17, 15) is 4.39 Å². The minimum absolute atomic E-state index is 0.280. The Bertz CT molecular complexity index is 873. The van der Waals surface area contributed by atoms with Crippen LogP contribution in [-0.2, 0) is 5.41 Å². The summed E-state index contributed by atoms with van der Waals surface area (Å²) in [4.78, 5) is 0. The Kier molecular flexibility index (Phi) is 4.44. The van der Waals surface area contributed by atoms with Gasteiger partial charge in [0.05, 0.1) is 19.6 Å². The molecule has 0 saturated carbocycles. The van der Waals surface area contributed by atoms with Gasteiger partial charge in [-0.2, -0.15) is 0 Å². The maximum atomic E-state index is 13.2. The second-order valence-corrected chi connectivity index (χ2v) is 6.20. The van der Waals surface area contributed by atoms with Crippen LogP contribution in [0.2, 0.25) is 0 Å². The number of benzene rings is 2. The summed E-state index contributed by atoms with van der Waals surface area (Å²) in [5.74, 6) is 1.78. The number of ether oxygens (including phenoxy) is 2. The molecular formula is C19H20FN3O2. The second kappa shape index (κ2) is 6.55. The fraction of sp³-hybridized carbons (Fsp3) is 0.263. The number of hydrogen-bond donors (Lipinski definition) is 0. The van der Waals surface area contributed by atoms with Crippen molar-refractivity contribution < 1.29 is 13.9 Å². The monoisotopic (exact) mass is 341 g/mol. The molecule has 0 aliphatic heterocycles. The van der Waals surface area contributed by atoms with Crippen LogP contribution in [0.1, 0.15) is 25.2 Å². The van der Waals surface area contributed by atoms with E-state index in [4.69, 9.17) is 9.47 Å². The van der Waals surface area contributed by atoms with E-state index in [1.807, 2.05) is 22.8 Å². The second-order valence-electron chi connectivity index (χ2n) is 6.20. The molecule has 0 spiro atoms. The van der Waals surface area contributed by atoms with E-state index in [0.29, 0.717) is 11.5 Å². The first-order chi connectivity index (χ1) is 12.0. The number of methoxy groups -OCH3 is 2. The molecule has 6 heteroatoms. The molecule has 3 aromatic rings. The fourth-order valence-corrected chi connectivity index (χ4v) is 2.81. The van der Waals surface area contributed by atoms with Crippen molar-refractivity contribution in [3.63, 3.8) is 0 Å². The molecule has 130 valence electrons. The third-order valence-electron chi connectivity index (χ3n) is 4.32. The summed E-state index contributed by atoms with van der Waals surface area (Å²) in [7, 11) is 3.21. The van der Waals surface area contributed by atoms with E-state index in [0.717, 1.165) is 17.1 Å². The smallest absolute Gasteiger partial charge is 0.161 e. The molecule has 2 aromatic carbocycles. The number of aromatic nitrogens is 3. The van der Waals surface area contributed by atoms with Gasteiger partial charge >= 0.3 is 0 Å². The van der Waals surface area contributed by atoms with Crippen molar-refractivity contribution in [1.29, 1.82) is 0 Å². The van der Waals surface area contributed by atoms with Crippen molar-refractivity contribution >= 4 is 0 Å². The topological polar surface area (TPSA) is 49.2 Å². The van der Waals surface area contributed by atoms with Crippen LogP contribution < -0.4 is 9.47 Å². The zero-order chi connectivity index (χ0) is 18.0. The molecule has 3 rings (SSSR count). The summed E-state index contributed by atoms with van der Waals surface area (Å²) in [6.07, 6.45) is 1.63. The van der Waals surface area contributed by atoms with Gasteiger partial charge in [0.2, 0.25) is 0 Å². The molecular weight excluding hydrogens is 321 g/mol. The van der Waals surface area contributed by atoms with Crippen LogP contribution in [0.5, 0.6) is 11.5 Å². The Balaban J connectivity index is 2.07. The Labute approximate surface area is 146 Å². The molecule has 0 radical (unpaired) electrons. The SMILES string of the molecule is COc1ccc(C(C)(C)c2nncn2-c2ccc(F)cc2)cc1OC. The maximum absolute atomic E-state index is 13.2. The van der Waals surface area contributed by atoms with Crippen molar-refractivity contribution in [2.75, 3.05) is 14.2 Å². The van der Waals surface area contributed by atoms with Crippen LogP contribution >= 0.6 is 0 Å². The van der Waals surface area contributed by atoms with Gasteiger partial charge in [-0.15, -0.1) is 10.2 Å². The summed E-state index contributed by atoms with van der Waals surface area (Å²) >= 11 is 0. The Morgan fingerprint density at radius 2 is 1.64 bits per heavy atom. The van der Waals surface area contributed by atoms with Gasteiger partial charge in [-0.05, 0) is 55.8 Å². The van der Waals surface area contributed by atoms with Gasteiger partial charge in [-0.3, -0.25) is 4.57 Å². The molecule has 25 heavy (non-hydrogen) atoms. The minimum atomic E-state index is -0.454. The molecule has 0 fully saturated rings. The predicted octanol–water partition coefficient (Wildman–Crippen LogP) is 3.75. The lowest BCUT2D eigenvalue weighted by Gasteiger charge is -2.26. The maximum Gasteiger partial charge on any atom is 0.161 e. The molecule has 0 N–H and O–H groups in total. The zero-order valence-corrected chi connectivity index (χ0v) is 14.7. The Hall–Kier alpha value is -2.89. The highest BCUT2D eigenvalue weighted by atomic mass is 19.1. The van der Waals surface area contributed by atoms with Crippen LogP contribution in [0.4, 0.5) is 4.39 Å². The van der Waals surface area contributed by atoms with Crippen LogP contribution in [-0.4, -0.2) is 29.0 Å². The van der Waals surface area contributed by atoms with Gasteiger partial charge in [0.1, 0.15) is 18.0 Å². The first-order valence-electron chi connectivity index (χ1n) is 7.86. The Morgan fingerprint density at radius 1 is 0.960 bits per heavy atom. The largest absolute Gasteiger partial charge is 0.493 e. The summed E-state index contributed by atoms with van der Waals surface area (Å²) in [6.45, 7) is 4.11. The molecule has 1 aromatic heterocycles. The number of halogens is 1. The van der Waals surface area contributed by atoms with Gasteiger partial charge in [0.25, 0.3) is 0 Å². The molecule has 0 unspecified atom stereocenters. The standard InChI is InChI=1S/C19H20FN3O2/c1-19(2,13-5-10-16(24-3)17(11-13)25-4)18-22-21-12-23(18)15-8-6-14(20)7-9-15/h5-12H,1-4H3. The van der Waals surface area contributed by atoms with Crippen molar-refractivity contribution in [3.8, 4) is 17.2 Å². The van der Waals surface area contributed by atoms with E-state index in [-0.39, 0.29) is 5.82 Å². The van der Waals surface area contributed by atoms with Crippen LogP contribution in [0, 0.1) is 5.82 Å². The highest BCUT2D eigenvalue weighted by Gasteiger charge is 2.30. The molecule has 0 saturated heterocycles. The van der Waals surface area contributed by atoms with Crippen molar-refractivity contribution in [2.45, 2.75) is 19.3 Å². The lowest BCUT2D eigenvalue weighted by atomic mass is 9.83. The number of hydrogen-bond acceptors (Lipinski definition) is 4. The highest BCUT2D eigenvalue weighted by Crippen LogP contribution is 2.36. The molecule has 0 atom stereocenters. The minimum Gasteiger partial charge on any atom is -0.493 e. The van der Waals surface area contributed by atoms with Crippen molar-refractivity contribution in [3.05, 3.63) is 66.0 Å². The molecule has 0 amide bonds. The zero-order valence-electron chi connectivity index (χ0n) is 14.7. The first kappa shape index (κ1) is 17.0. The normalized spacial score (nSPS) is 11.4. The summed E-state index contributed by atoms with van der Waals surface area (Å²) in [6, 6.07) is 12.0. The predicted molar refractivity (Wildman–Crippen MR) is 93.0 cm³/mol. The van der Waals surface area contributed by atoms with E-state index >= 15 is 0 Å². The average molecular weight is 341 g/mol. The van der Waals surface area contributed by atoms with Crippen LogP contribution in [0.15, 0.2) is 48.8 Å². The third-order valence-corrected chi connectivity index (χ3v) is 4.32. The van der Waals surface area contributed by atoms with Crippen LogP contribution in [0.3, 0.4) is 0 Å². The lowest BCUT2D eigenvalue weighted by molar-refractivity contribution is 0.353. The van der Waals surface area contributed by atoms with E-state index < -0.39 is 5.41 Å². The van der Waals surface area contributed by atoms with E-state index in [1.165, 1.54) is 12.1 Å². The summed E-state index contributed by atoms with van der Waals surface area (Å²) in [5, 5.41) is 8.36. The number of nitrogens with zero attached hydrogens (tertiary/aromatic N) is 3. The van der Waals surface area contributed by atoms with Gasteiger partial charge in [0, 0.05) is 5.69 Å². The number of rotatable bonds is 5. The molecule has 1 heterocycles. The average Bonchev–Trinajstić information content (AvgIpc) is 3.12. The first-order valence-corrected chi connectivity index (χ1v) is 7.86. The Morgan fingerprint density at radius 3 is 2.28 bits per heavy atom. The van der Waals surface area contributed by atoms with Crippen LogP contribution in [0.25, 0.3) is 5.69 Å². The lowest BCUT2D eigenvalue weighted by Crippen LogP contribution is -2.24. The van der Waals surface area contributed by atoms with Gasteiger partial charge in [-0.25, -0.2) is 4.39 Å². The van der Waals surface area contributed by atoms with Gasteiger partial charge < -0.3 is 9.47 Å². The van der Waals surface area contributed by atoms with Gasteiger partial charge in [0.15, 0.2) is 11.5 Å². The summed E-state index contributed by atoms with van der Waals surface area (Å²) < 4.78 is 25.8. The molecule has 5 nitrogen and oxygen atoms in total. The third kappa shape index (κ3) is 3.07. The molecule has 0 aliphatic carbocycles. The van der Waals surface area contributed by atoms with Crippen molar-refractivity contribution in [1.82, 2.24) is 14.8 Å². The highest BCUT2D eigenvalue weighted by molar-refractivity contribution is 5.47.